The van der Waals surface area contributed by atoms with Crippen molar-refractivity contribution >= 4 is 59.0 Å². The molecule has 0 bridgehead atoms. The molecule has 1 unspecified atom stereocenters. The van der Waals surface area contributed by atoms with Gasteiger partial charge in [-0.25, -0.2) is 0 Å². The van der Waals surface area contributed by atoms with Gasteiger partial charge in [0, 0.05) is 0 Å². The fourth-order valence-corrected chi connectivity index (χ4v) is 2.35. The van der Waals surface area contributed by atoms with Gasteiger partial charge in [-0.05, 0) is 29.7 Å². The van der Waals surface area contributed by atoms with E-state index in [2.05, 4.69) is 19.6 Å². The van der Waals surface area contributed by atoms with E-state index in [1.54, 1.807) is 6.07 Å². The van der Waals surface area contributed by atoms with Crippen LogP contribution in [0.5, 0.6) is 0 Å². The van der Waals surface area contributed by atoms with Crippen LogP contribution in [0.1, 0.15) is 12.5 Å². The molecule has 1 rings (SSSR count). The van der Waals surface area contributed by atoms with Crippen molar-refractivity contribution < 1.29 is 0 Å². The maximum atomic E-state index is 6.07. The zero-order chi connectivity index (χ0) is 11.6. The Labute approximate surface area is 115 Å². The van der Waals surface area contributed by atoms with Gasteiger partial charge >= 0.3 is 0 Å². The van der Waals surface area contributed by atoms with Gasteiger partial charge in [0.2, 0.25) is 0 Å². The number of hydrogen-bond acceptors (Lipinski definition) is 1. The second-order valence-electron chi connectivity index (χ2n) is 3.44. The standard InChI is InChI=1S/C10H10Cl4S/c1-5(4-15)2-6-9(13)7(11)3-8(12)10(6)14/h3,5,15H,2,4H2,1H3. The fourth-order valence-electron chi connectivity index (χ4n) is 1.21. The maximum absolute atomic E-state index is 6.07. The molecule has 15 heavy (non-hydrogen) atoms. The Kier molecular flexibility index (Phi) is 5.41. The zero-order valence-corrected chi connectivity index (χ0v) is 11.9. The van der Waals surface area contributed by atoms with Crippen LogP contribution in [0.15, 0.2) is 6.07 Å². The number of rotatable bonds is 3. The minimum absolute atomic E-state index is 0.373. The molecular weight excluding hydrogens is 294 g/mol. The Hall–Kier alpha value is 0.730. The van der Waals surface area contributed by atoms with Gasteiger partial charge in [0.15, 0.2) is 0 Å². The predicted molar refractivity (Wildman–Crippen MR) is 73.2 cm³/mol. The van der Waals surface area contributed by atoms with Gasteiger partial charge in [-0.15, -0.1) is 0 Å². The monoisotopic (exact) mass is 302 g/mol. The molecule has 0 heterocycles. The van der Waals surface area contributed by atoms with Crippen molar-refractivity contribution in [1.29, 1.82) is 0 Å². The first-order valence-corrected chi connectivity index (χ1v) is 6.54. The van der Waals surface area contributed by atoms with E-state index in [1.807, 2.05) is 0 Å². The third-order valence-corrected chi connectivity index (χ3v) is 4.34. The Morgan fingerprint density at radius 3 is 2.00 bits per heavy atom. The van der Waals surface area contributed by atoms with E-state index in [-0.39, 0.29) is 0 Å². The molecule has 0 aliphatic rings. The molecule has 0 radical (unpaired) electrons. The van der Waals surface area contributed by atoms with E-state index in [9.17, 15) is 0 Å². The summed E-state index contributed by atoms with van der Waals surface area (Å²) in [7, 11) is 0. The molecule has 0 saturated heterocycles. The molecule has 0 fully saturated rings. The van der Waals surface area contributed by atoms with Crippen LogP contribution in [0.4, 0.5) is 0 Å². The lowest BCUT2D eigenvalue weighted by molar-refractivity contribution is 0.661. The largest absolute Gasteiger partial charge is 0.179 e. The van der Waals surface area contributed by atoms with Crippen LogP contribution in [0, 0.1) is 5.92 Å². The second-order valence-corrected chi connectivity index (χ2v) is 5.37. The molecule has 0 aromatic heterocycles. The molecule has 1 atom stereocenters. The van der Waals surface area contributed by atoms with E-state index in [4.69, 9.17) is 46.4 Å². The highest BCUT2D eigenvalue weighted by Gasteiger charge is 2.15. The number of benzene rings is 1. The third-order valence-electron chi connectivity index (χ3n) is 2.07. The van der Waals surface area contributed by atoms with Crippen LogP contribution < -0.4 is 0 Å². The average molecular weight is 304 g/mol. The molecule has 0 amide bonds. The number of hydrogen-bond donors (Lipinski definition) is 1. The molecule has 0 spiro atoms. The molecule has 84 valence electrons. The SMILES string of the molecule is CC(CS)Cc1c(Cl)c(Cl)cc(Cl)c1Cl. The van der Waals surface area contributed by atoms with Gasteiger partial charge in [0.25, 0.3) is 0 Å². The minimum Gasteiger partial charge on any atom is -0.179 e. The van der Waals surface area contributed by atoms with Crippen molar-refractivity contribution in [2.24, 2.45) is 5.92 Å². The smallest absolute Gasteiger partial charge is 0.0640 e. The van der Waals surface area contributed by atoms with Crippen LogP contribution in [-0.4, -0.2) is 5.75 Å². The number of thiol groups is 1. The van der Waals surface area contributed by atoms with E-state index in [0.29, 0.717) is 26.0 Å². The van der Waals surface area contributed by atoms with Gasteiger partial charge < -0.3 is 0 Å². The first-order valence-electron chi connectivity index (χ1n) is 4.40. The summed E-state index contributed by atoms with van der Waals surface area (Å²) in [5, 5.41) is 1.85. The normalized spacial score (nSPS) is 12.9. The van der Waals surface area contributed by atoms with Crippen molar-refractivity contribution in [2.45, 2.75) is 13.3 Å². The van der Waals surface area contributed by atoms with E-state index in [1.165, 1.54) is 0 Å². The Balaban J connectivity index is 3.15. The van der Waals surface area contributed by atoms with Gasteiger partial charge in [0.1, 0.15) is 0 Å². The summed E-state index contributed by atoms with van der Waals surface area (Å²) < 4.78 is 0. The Morgan fingerprint density at radius 1 is 1.13 bits per heavy atom. The van der Waals surface area contributed by atoms with Crippen molar-refractivity contribution in [1.82, 2.24) is 0 Å². The second kappa shape index (κ2) is 5.88. The van der Waals surface area contributed by atoms with Gasteiger partial charge in [0.05, 0.1) is 20.1 Å². The van der Waals surface area contributed by atoms with Crippen LogP contribution in [0.2, 0.25) is 20.1 Å². The van der Waals surface area contributed by atoms with Crippen molar-refractivity contribution in [2.75, 3.05) is 5.75 Å². The van der Waals surface area contributed by atoms with Gasteiger partial charge in [-0.1, -0.05) is 53.3 Å². The lowest BCUT2D eigenvalue weighted by atomic mass is 10.0. The first-order chi connectivity index (χ1) is 6.97. The van der Waals surface area contributed by atoms with Gasteiger partial charge in [-0.3, -0.25) is 0 Å². The highest BCUT2D eigenvalue weighted by molar-refractivity contribution is 7.80. The highest BCUT2D eigenvalue weighted by atomic mass is 35.5. The molecule has 0 saturated carbocycles. The summed E-state index contributed by atoms with van der Waals surface area (Å²) >= 11 is 28.2. The van der Waals surface area contributed by atoms with Crippen molar-refractivity contribution in [3.05, 3.63) is 31.7 Å². The summed E-state index contributed by atoms with van der Waals surface area (Å²) in [6.07, 6.45) is 0.724. The Bertz CT molecular complexity index is 339. The molecule has 1 aromatic rings. The molecule has 5 heteroatoms. The molecule has 0 aliphatic heterocycles. The third kappa shape index (κ3) is 3.34. The number of halogens is 4. The molecule has 0 N–H and O–H groups in total. The average Bonchev–Trinajstić information content (AvgIpc) is 2.21. The topological polar surface area (TPSA) is 0 Å². The van der Waals surface area contributed by atoms with E-state index >= 15 is 0 Å². The predicted octanol–water partition coefficient (Wildman–Crippen LogP) is 5.41. The Morgan fingerprint density at radius 2 is 1.60 bits per heavy atom. The summed E-state index contributed by atoms with van der Waals surface area (Å²) in [5.74, 6) is 1.13. The maximum Gasteiger partial charge on any atom is 0.0640 e. The van der Waals surface area contributed by atoms with Crippen LogP contribution in [-0.2, 0) is 6.42 Å². The van der Waals surface area contributed by atoms with Gasteiger partial charge in [-0.2, -0.15) is 12.6 Å². The fraction of sp³-hybridized carbons (Fsp3) is 0.400. The molecule has 0 aliphatic carbocycles. The van der Waals surface area contributed by atoms with E-state index < -0.39 is 0 Å². The lowest BCUT2D eigenvalue weighted by Crippen LogP contribution is -2.03. The van der Waals surface area contributed by atoms with Crippen molar-refractivity contribution in [3.8, 4) is 0 Å². The molecule has 0 nitrogen and oxygen atoms in total. The summed E-state index contributed by atoms with van der Waals surface area (Å²) in [4.78, 5) is 0. The molecular formula is C10H10Cl4S. The summed E-state index contributed by atoms with van der Waals surface area (Å²) in [6, 6.07) is 1.56. The van der Waals surface area contributed by atoms with Crippen LogP contribution in [0.25, 0.3) is 0 Å². The van der Waals surface area contributed by atoms with Crippen molar-refractivity contribution in [3.63, 3.8) is 0 Å². The summed E-state index contributed by atoms with van der Waals surface area (Å²) in [6.45, 7) is 2.06. The first kappa shape index (κ1) is 13.8. The minimum atomic E-state index is 0.373. The quantitative estimate of drug-likeness (QED) is 0.560. The van der Waals surface area contributed by atoms with E-state index in [0.717, 1.165) is 17.7 Å². The van der Waals surface area contributed by atoms with Crippen LogP contribution >= 0.6 is 59.0 Å². The van der Waals surface area contributed by atoms with Crippen LogP contribution in [0.3, 0.4) is 0 Å². The molecule has 1 aromatic carbocycles. The summed E-state index contributed by atoms with van der Waals surface area (Å²) in [5.41, 5.74) is 0.803. The lowest BCUT2D eigenvalue weighted by Gasteiger charge is -2.13. The zero-order valence-electron chi connectivity index (χ0n) is 8.03. The highest BCUT2D eigenvalue weighted by Crippen LogP contribution is 2.38.